The van der Waals surface area contributed by atoms with Crippen molar-refractivity contribution in [3.05, 3.63) is 41.8 Å². The Bertz CT molecular complexity index is 712. The van der Waals surface area contributed by atoms with Crippen LogP contribution in [0.1, 0.15) is 0 Å². The van der Waals surface area contributed by atoms with Gasteiger partial charge in [-0.15, -0.1) is 23.1 Å². The van der Waals surface area contributed by atoms with E-state index in [9.17, 15) is 13.2 Å². The lowest BCUT2D eigenvalue weighted by Gasteiger charge is -2.09. The molecule has 0 fully saturated rings. The average Bonchev–Trinajstić information content (AvgIpc) is 3.01. The fourth-order valence-corrected chi connectivity index (χ4v) is 4.16. The Morgan fingerprint density at radius 1 is 1.24 bits per heavy atom. The van der Waals surface area contributed by atoms with Crippen LogP contribution in [0.2, 0.25) is 0 Å². The van der Waals surface area contributed by atoms with E-state index in [2.05, 4.69) is 10.0 Å². The predicted molar refractivity (Wildman–Crippen MR) is 86.4 cm³/mol. The first-order chi connectivity index (χ1) is 10.0. The van der Waals surface area contributed by atoms with Crippen LogP contribution in [-0.2, 0) is 14.8 Å². The van der Waals surface area contributed by atoms with Crippen molar-refractivity contribution >= 4 is 44.7 Å². The molecule has 0 unspecified atom stereocenters. The molecular formula is C13H14N2O3S3. The van der Waals surface area contributed by atoms with Gasteiger partial charge in [-0.1, -0.05) is 18.2 Å². The molecule has 0 aliphatic rings. The molecule has 0 aliphatic carbocycles. The number of rotatable bonds is 6. The molecule has 0 saturated carbocycles. The van der Waals surface area contributed by atoms with Gasteiger partial charge in [-0.3, -0.25) is 4.79 Å². The van der Waals surface area contributed by atoms with Crippen LogP contribution in [0, 0.1) is 0 Å². The first-order valence-corrected chi connectivity index (χ1v) is 9.58. The maximum Gasteiger partial charge on any atom is 0.250 e. The number of nitrogens with one attached hydrogen (secondary N) is 2. The quantitative estimate of drug-likeness (QED) is 0.791. The summed E-state index contributed by atoms with van der Waals surface area (Å²) >= 11 is 2.61. The second kappa shape index (κ2) is 7.08. The van der Waals surface area contributed by atoms with E-state index in [1.165, 1.54) is 17.8 Å². The Morgan fingerprint density at radius 3 is 2.67 bits per heavy atom. The van der Waals surface area contributed by atoms with Crippen LogP contribution in [0.3, 0.4) is 0 Å². The van der Waals surface area contributed by atoms with Crippen molar-refractivity contribution in [3.63, 3.8) is 0 Å². The van der Waals surface area contributed by atoms with E-state index >= 15 is 0 Å². The molecule has 0 bridgehead atoms. The number of benzene rings is 1. The summed E-state index contributed by atoms with van der Waals surface area (Å²) in [5, 5.41) is 4.37. The van der Waals surface area contributed by atoms with Crippen molar-refractivity contribution < 1.29 is 13.2 Å². The molecule has 2 aromatic rings. The second-order valence-electron chi connectivity index (χ2n) is 4.01. The topological polar surface area (TPSA) is 75.3 Å². The number of para-hydroxylation sites is 1. The van der Waals surface area contributed by atoms with Gasteiger partial charge in [0.1, 0.15) is 4.21 Å². The molecular weight excluding hydrogens is 328 g/mol. The number of thiophene rings is 1. The Morgan fingerprint density at radius 2 is 2.00 bits per heavy atom. The van der Waals surface area contributed by atoms with Crippen molar-refractivity contribution in [1.29, 1.82) is 0 Å². The minimum absolute atomic E-state index is 0.194. The van der Waals surface area contributed by atoms with E-state index in [0.717, 1.165) is 16.2 Å². The third kappa shape index (κ3) is 4.31. The van der Waals surface area contributed by atoms with Gasteiger partial charge in [0.05, 0.1) is 12.2 Å². The van der Waals surface area contributed by atoms with E-state index in [1.54, 1.807) is 17.5 Å². The van der Waals surface area contributed by atoms with Crippen molar-refractivity contribution in [2.24, 2.45) is 0 Å². The predicted octanol–water partition coefficient (Wildman–Crippen LogP) is 2.39. The zero-order chi connectivity index (χ0) is 15.3. The maximum absolute atomic E-state index is 11.9. The first-order valence-electron chi connectivity index (χ1n) is 5.99. The second-order valence-corrected chi connectivity index (χ2v) is 7.79. The van der Waals surface area contributed by atoms with Crippen molar-refractivity contribution in [1.82, 2.24) is 4.72 Å². The van der Waals surface area contributed by atoms with Gasteiger partial charge in [-0.25, -0.2) is 13.1 Å². The highest BCUT2D eigenvalue weighted by molar-refractivity contribution is 7.98. The van der Waals surface area contributed by atoms with Crippen molar-refractivity contribution in [2.75, 3.05) is 18.1 Å². The lowest BCUT2D eigenvalue weighted by molar-refractivity contribution is -0.115. The normalized spacial score (nSPS) is 11.3. The Hall–Kier alpha value is -1.35. The van der Waals surface area contributed by atoms with Gasteiger partial charge in [0.2, 0.25) is 5.91 Å². The van der Waals surface area contributed by atoms with E-state index in [1.807, 2.05) is 24.5 Å². The molecule has 1 amide bonds. The Labute approximate surface area is 131 Å². The van der Waals surface area contributed by atoms with Gasteiger partial charge in [0.25, 0.3) is 10.0 Å². The summed E-state index contributed by atoms with van der Waals surface area (Å²) in [4.78, 5) is 12.8. The number of sulfonamides is 1. The van der Waals surface area contributed by atoms with Gasteiger partial charge in [-0.2, -0.15) is 0 Å². The van der Waals surface area contributed by atoms with Crippen LogP contribution < -0.4 is 10.0 Å². The standard InChI is InChI=1S/C13H14N2O3S3/c1-19-11-6-3-2-5-10(11)15-12(16)9-14-21(17,18)13-7-4-8-20-13/h2-8,14H,9H2,1H3,(H,15,16). The van der Waals surface area contributed by atoms with Crippen LogP contribution in [0.25, 0.3) is 0 Å². The monoisotopic (exact) mass is 342 g/mol. The zero-order valence-corrected chi connectivity index (χ0v) is 13.6. The van der Waals surface area contributed by atoms with Gasteiger partial charge in [0.15, 0.2) is 0 Å². The lowest BCUT2D eigenvalue weighted by atomic mass is 10.3. The first kappa shape index (κ1) is 16.0. The molecule has 5 nitrogen and oxygen atoms in total. The van der Waals surface area contributed by atoms with E-state index < -0.39 is 15.9 Å². The lowest BCUT2D eigenvalue weighted by Crippen LogP contribution is -2.32. The zero-order valence-electron chi connectivity index (χ0n) is 11.2. The largest absolute Gasteiger partial charge is 0.324 e. The molecule has 2 rings (SSSR count). The third-order valence-electron chi connectivity index (χ3n) is 2.56. The number of carbonyl (C=O) groups is 1. The maximum atomic E-state index is 11.9. The summed E-state index contributed by atoms with van der Waals surface area (Å²) in [6.07, 6.45) is 1.91. The number of thioether (sulfide) groups is 1. The summed E-state index contributed by atoms with van der Waals surface area (Å²) in [6, 6.07) is 10.5. The van der Waals surface area contributed by atoms with Gasteiger partial charge < -0.3 is 5.32 Å². The number of amides is 1. The van der Waals surface area contributed by atoms with Gasteiger partial charge >= 0.3 is 0 Å². The molecule has 0 aliphatic heterocycles. The smallest absolute Gasteiger partial charge is 0.250 e. The summed E-state index contributed by atoms with van der Waals surface area (Å²) in [5.74, 6) is -0.406. The van der Waals surface area contributed by atoms with Crippen LogP contribution in [0.15, 0.2) is 50.9 Å². The average molecular weight is 342 g/mol. The summed E-state index contributed by atoms with van der Waals surface area (Å²) in [6.45, 7) is -0.303. The van der Waals surface area contributed by atoms with E-state index in [0.29, 0.717) is 5.69 Å². The molecule has 21 heavy (non-hydrogen) atoms. The highest BCUT2D eigenvalue weighted by Crippen LogP contribution is 2.24. The van der Waals surface area contributed by atoms with E-state index in [-0.39, 0.29) is 10.8 Å². The SMILES string of the molecule is CSc1ccccc1NC(=O)CNS(=O)(=O)c1cccs1. The summed E-state index contributed by atoms with van der Waals surface area (Å²) in [5.41, 5.74) is 0.672. The number of hydrogen-bond acceptors (Lipinski definition) is 5. The van der Waals surface area contributed by atoms with Gasteiger partial charge in [-0.05, 0) is 29.8 Å². The summed E-state index contributed by atoms with van der Waals surface area (Å²) in [7, 11) is -3.62. The van der Waals surface area contributed by atoms with Crippen LogP contribution in [0.5, 0.6) is 0 Å². The molecule has 0 saturated heterocycles. The highest BCUT2D eigenvalue weighted by Gasteiger charge is 2.16. The van der Waals surface area contributed by atoms with Crippen LogP contribution >= 0.6 is 23.1 Å². The van der Waals surface area contributed by atoms with Gasteiger partial charge in [0, 0.05) is 4.90 Å². The molecule has 8 heteroatoms. The molecule has 112 valence electrons. The Kier molecular flexibility index (Phi) is 5.40. The molecule has 1 aromatic carbocycles. The third-order valence-corrected chi connectivity index (χ3v) is 6.16. The minimum atomic E-state index is -3.62. The molecule has 2 N–H and O–H groups in total. The number of hydrogen-bond donors (Lipinski definition) is 2. The fraction of sp³-hybridized carbons (Fsp3) is 0.154. The highest BCUT2D eigenvalue weighted by atomic mass is 32.2. The Balaban J connectivity index is 1.97. The minimum Gasteiger partial charge on any atom is -0.324 e. The van der Waals surface area contributed by atoms with E-state index in [4.69, 9.17) is 0 Å². The molecule has 0 radical (unpaired) electrons. The van der Waals surface area contributed by atoms with Crippen molar-refractivity contribution in [3.8, 4) is 0 Å². The molecule has 0 atom stereocenters. The number of anilines is 1. The van der Waals surface area contributed by atoms with Crippen LogP contribution in [-0.4, -0.2) is 27.1 Å². The number of carbonyl (C=O) groups excluding carboxylic acids is 1. The van der Waals surface area contributed by atoms with Crippen molar-refractivity contribution in [2.45, 2.75) is 9.10 Å². The molecule has 1 heterocycles. The fourth-order valence-electron chi connectivity index (χ4n) is 1.59. The van der Waals surface area contributed by atoms with Crippen LogP contribution in [0.4, 0.5) is 5.69 Å². The summed E-state index contributed by atoms with van der Waals surface area (Å²) < 4.78 is 26.3. The molecule has 1 aromatic heterocycles. The molecule has 0 spiro atoms.